The van der Waals surface area contributed by atoms with Gasteiger partial charge in [-0.05, 0) is 30.3 Å². The molecule has 0 fully saturated rings. The van der Waals surface area contributed by atoms with Crippen molar-refractivity contribution in [2.45, 2.75) is 6.92 Å². The Kier molecular flexibility index (Phi) is 3.58. The molecule has 0 aliphatic carbocycles. The summed E-state index contributed by atoms with van der Waals surface area (Å²) in [5.41, 5.74) is 1.12. The number of rotatable bonds is 2. The molecule has 0 saturated heterocycles. The van der Waals surface area contributed by atoms with Gasteiger partial charge in [0, 0.05) is 22.3 Å². The minimum atomic E-state index is -0.344. The summed E-state index contributed by atoms with van der Waals surface area (Å²) in [5.74, 6) is -0.980. The minimum Gasteiger partial charge on any atom is -0.494 e. The van der Waals surface area contributed by atoms with Gasteiger partial charge < -0.3 is 5.11 Å². The van der Waals surface area contributed by atoms with Crippen molar-refractivity contribution in [3.63, 3.8) is 0 Å². The summed E-state index contributed by atoms with van der Waals surface area (Å²) >= 11 is 3.32. The first kappa shape index (κ1) is 14.5. The van der Waals surface area contributed by atoms with E-state index in [1.165, 1.54) is 6.92 Å². The van der Waals surface area contributed by atoms with Crippen molar-refractivity contribution in [3.05, 3.63) is 64.1 Å². The van der Waals surface area contributed by atoms with Crippen LogP contribution in [-0.2, 0) is 0 Å². The zero-order valence-corrected chi connectivity index (χ0v) is 13.3. The standard InChI is InChI=1S/C17H12BrNO3/c1-10(20)19-14-5-3-2-4-13(14)15(17(19)22)16(21)11-6-8-12(18)9-7-11/h2-9,22H,1H3. The number of carbonyl (C=O) groups is 2. The van der Waals surface area contributed by atoms with E-state index in [2.05, 4.69) is 15.9 Å². The normalized spacial score (nSPS) is 10.8. The van der Waals surface area contributed by atoms with Crippen LogP contribution >= 0.6 is 15.9 Å². The molecule has 0 bridgehead atoms. The molecule has 2 aromatic carbocycles. The first-order valence-electron chi connectivity index (χ1n) is 6.64. The Hall–Kier alpha value is -2.40. The van der Waals surface area contributed by atoms with Crippen LogP contribution in [0.3, 0.4) is 0 Å². The maximum Gasteiger partial charge on any atom is 0.230 e. The van der Waals surface area contributed by atoms with Crippen molar-refractivity contribution in [2.24, 2.45) is 0 Å². The molecule has 0 spiro atoms. The second-order valence-electron chi connectivity index (χ2n) is 4.91. The van der Waals surface area contributed by atoms with Gasteiger partial charge in [-0.1, -0.05) is 34.1 Å². The van der Waals surface area contributed by atoms with Crippen LogP contribution in [0.15, 0.2) is 53.0 Å². The molecule has 0 radical (unpaired) electrons. The van der Waals surface area contributed by atoms with E-state index in [0.717, 1.165) is 9.04 Å². The molecule has 0 saturated carbocycles. The lowest BCUT2D eigenvalue weighted by molar-refractivity contribution is 0.0933. The summed E-state index contributed by atoms with van der Waals surface area (Å²) in [4.78, 5) is 24.5. The van der Waals surface area contributed by atoms with Crippen molar-refractivity contribution in [2.75, 3.05) is 0 Å². The van der Waals surface area contributed by atoms with Crippen LogP contribution in [0, 0.1) is 0 Å². The maximum absolute atomic E-state index is 12.7. The molecule has 0 aliphatic rings. The number of hydrogen-bond donors (Lipinski definition) is 1. The van der Waals surface area contributed by atoms with Crippen LogP contribution in [0.4, 0.5) is 0 Å². The summed E-state index contributed by atoms with van der Waals surface area (Å²) in [6, 6.07) is 13.8. The molecule has 22 heavy (non-hydrogen) atoms. The molecule has 0 unspecified atom stereocenters. The number of nitrogens with zero attached hydrogens (tertiary/aromatic N) is 1. The Bertz CT molecular complexity index is 894. The highest BCUT2D eigenvalue weighted by atomic mass is 79.9. The van der Waals surface area contributed by atoms with Gasteiger partial charge >= 0.3 is 0 Å². The largest absolute Gasteiger partial charge is 0.494 e. The quantitative estimate of drug-likeness (QED) is 0.705. The average Bonchev–Trinajstić information content (AvgIpc) is 2.79. The zero-order valence-electron chi connectivity index (χ0n) is 11.7. The Morgan fingerprint density at radius 3 is 2.32 bits per heavy atom. The Morgan fingerprint density at radius 2 is 1.68 bits per heavy atom. The van der Waals surface area contributed by atoms with Crippen molar-refractivity contribution in [1.82, 2.24) is 4.57 Å². The number of benzene rings is 2. The van der Waals surface area contributed by atoms with Gasteiger partial charge in [0.15, 0.2) is 5.78 Å². The Balaban J connectivity index is 2.27. The van der Waals surface area contributed by atoms with Gasteiger partial charge in [-0.3, -0.25) is 14.2 Å². The second kappa shape index (κ2) is 5.42. The van der Waals surface area contributed by atoms with E-state index in [0.29, 0.717) is 16.5 Å². The third-order valence-corrected chi connectivity index (χ3v) is 4.03. The van der Waals surface area contributed by atoms with E-state index in [1.807, 2.05) is 0 Å². The lowest BCUT2D eigenvalue weighted by Crippen LogP contribution is -2.06. The highest BCUT2D eigenvalue weighted by Crippen LogP contribution is 2.33. The minimum absolute atomic E-state index is 0.146. The summed E-state index contributed by atoms with van der Waals surface area (Å²) < 4.78 is 2.01. The maximum atomic E-state index is 12.7. The topological polar surface area (TPSA) is 59.3 Å². The lowest BCUT2D eigenvalue weighted by atomic mass is 10.0. The van der Waals surface area contributed by atoms with Gasteiger partial charge in [0.2, 0.25) is 11.8 Å². The van der Waals surface area contributed by atoms with E-state index in [4.69, 9.17) is 0 Å². The smallest absolute Gasteiger partial charge is 0.230 e. The van der Waals surface area contributed by atoms with E-state index < -0.39 is 0 Å². The highest BCUT2D eigenvalue weighted by molar-refractivity contribution is 9.10. The number of aromatic nitrogens is 1. The van der Waals surface area contributed by atoms with Gasteiger partial charge in [-0.15, -0.1) is 0 Å². The third kappa shape index (κ3) is 2.23. The predicted octanol–water partition coefficient (Wildman–Crippen LogP) is 4.00. The number of carbonyl (C=O) groups excluding carboxylic acids is 2. The molecule has 0 atom stereocenters. The summed E-state index contributed by atoms with van der Waals surface area (Å²) in [5, 5.41) is 10.9. The number of para-hydroxylation sites is 1. The number of aromatic hydroxyl groups is 1. The monoisotopic (exact) mass is 357 g/mol. The van der Waals surface area contributed by atoms with Gasteiger partial charge in [0.25, 0.3) is 0 Å². The summed E-state index contributed by atoms with van der Waals surface area (Å²) in [7, 11) is 0. The molecule has 0 amide bonds. The lowest BCUT2D eigenvalue weighted by Gasteiger charge is -2.02. The molecule has 1 aromatic heterocycles. The first-order chi connectivity index (χ1) is 10.5. The van der Waals surface area contributed by atoms with Gasteiger partial charge in [0.1, 0.15) is 0 Å². The molecule has 0 aliphatic heterocycles. The fourth-order valence-corrected chi connectivity index (χ4v) is 2.78. The van der Waals surface area contributed by atoms with Crippen molar-refractivity contribution >= 4 is 38.5 Å². The van der Waals surface area contributed by atoms with E-state index in [9.17, 15) is 14.7 Å². The molecular weight excluding hydrogens is 346 g/mol. The van der Waals surface area contributed by atoms with Crippen molar-refractivity contribution in [3.8, 4) is 5.88 Å². The SMILES string of the molecule is CC(=O)n1c(O)c(C(=O)c2ccc(Br)cc2)c2ccccc21. The molecule has 1 N–H and O–H groups in total. The van der Waals surface area contributed by atoms with Gasteiger partial charge in [0.05, 0.1) is 11.1 Å². The molecule has 1 heterocycles. The van der Waals surface area contributed by atoms with Crippen LogP contribution in [0.25, 0.3) is 10.9 Å². The Labute approximate surface area is 135 Å². The van der Waals surface area contributed by atoms with E-state index in [1.54, 1.807) is 48.5 Å². The van der Waals surface area contributed by atoms with Gasteiger partial charge in [-0.25, -0.2) is 0 Å². The molecule has 4 nitrogen and oxygen atoms in total. The highest BCUT2D eigenvalue weighted by Gasteiger charge is 2.24. The zero-order chi connectivity index (χ0) is 15.9. The average molecular weight is 358 g/mol. The molecule has 5 heteroatoms. The van der Waals surface area contributed by atoms with Crippen molar-refractivity contribution in [1.29, 1.82) is 0 Å². The predicted molar refractivity (Wildman–Crippen MR) is 87.5 cm³/mol. The fraction of sp³-hybridized carbons (Fsp3) is 0.0588. The summed E-state index contributed by atoms with van der Waals surface area (Å²) in [6.07, 6.45) is 0. The van der Waals surface area contributed by atoms with Crippen LogP contribution in [0.5, 0.6) is 5.88 Å². The molecule has 110 valence electrons. The van der Waals surface area contributed by atoms with Crippen LogP contribution < -0.4 is 0 Å². The van der Waals surface area contributed by atoms with Crippen LogP contribution in [0.1, 0.15) is 27.6 Å². The fourth-order valence-electron chi connectivity index (χ4n) is 2.51. The summed E-state index contributed by atoms with van der Waals surface area (Å²) in [6.45, 7) is 1.35. The third-order valence-electron chi connectivity index (χ3n) is 3.50. The number of hydrogen-bond acceptors (Lipinski definition) is 3. The van der Waals surface area contributed by atoms with Crippen LogP contribution in [-0.4, -0.2) is 21.4 Å². The van der Waals surface area contributed by atoms with Gasteiger partial charge in [-0.2, -0.15) is 0 Å². The first-order valence-corrected chi connectivity index (χ1v) is 7.43. The van der Waals surface area contributed by atoms with Crippen molar-refractivity contribution < 1.29 is 14.7 Å². The second-order valence-corrected chi connectivity index (χ2v) is 5.82. The van der Waals surface area contributed by atoms with E-state index in [-0.39, 0.29) is 23.1 Å². The molecule has 3 aromatic rings. The number of halogens is 1. The Morgan fingerprint density at radius 1 is 1.05 bits per heavy atom. The van der Waals surface area contributed by atoms with Crippen LogP contribution in [0.2, 0.25) is 0 Å². The number of ketones is 1. The molecule has 3 rings (SSSR count). The van der Waals surface area contributed by atoms with E-state index >= 15 is 0 Å². The molecular formula is C17H12BrNO3. The number of fused-ring (bicyclic) bond motifs is 1.